The molecule has 1 heterocycles. The van der Waals surface area contributed by atoms with Crippen LogP contribution in [0, 0.1) is 0 Å². The second kappa shape index (κ2) is 12.3. The van der Waals surface area contributed by atoms with Crippen LogP contribution >= 0.6 is 11.3 Å². The zero-order valence-corrected chi connectivity index (χ0v) is 31.6. The molecule has 0 radical (unpaired) electrons. The highest BCUT2D eigenvalue weighted by Gasteiger charge is 2.35. The first-order valence-electron chi connectivity index (χ1n) is 19.1. The summed E-state index contributed by atoms with van der Waals surface area (Å²) in [4.78, 5) is 2.47. The fourth-order valence-corrected chi connectivity index (χ4v) is 10.2. The summed E-state index contributed by atoms with van der Waals surface area (Å²) in [6, 6.07) is 69.8. The first kappa shape index (κ1) is 32.0. The lowest BCUT2D eigenvalue weighted by molar-refractivity contribution is 0.660. The Labute approximate surface area is 325 Å². The Balaban J connectivity index is 1.14. The number of fused-ring (bicyclic) bond motifs is 8. The topological polar surface area (TPSA) is 3.24 Å². The van der Waals surface area contributed by atoms with Gasteiger partial charge in [-0.1, -0.05) is 147 Å². The summed E-state index contributed by atoms with van der Waals surface area (Å²) >= 11 is 1.89. The van der Waals surface area contributed by atoms with Crippen LogP contribution in [-0.4, -0.2) is 0 Å². The van der Waals surface area contributed by atoms with E-state index in [2.05, 4.69) is 207 Å². The minimum absolute atomic E-state index is 0.114. The van der Waals surface area contributed by atoms with Crippen LogP contribution in [0.5, 0.6) is 0 Å². The molecule has 11 rings (SSSR count). The highest BCUT2D eigenvalue weighted by atomic mass is 32.1. The molecule has 1 aromatic heterocycles. The minimum atomic E-state index is -0.114. The highest BCUT2D eigenvalue weighted by Crippen LogP contribution is 2.52. The monoisotopic (exact) mass is 719 g/mol. The molecule has 260 valence electrons. The molecule has 0 N–H and O–H groups in total. The highest BCUT2D eigenvalue weighted by molar-refractivity contribution is 7.26. The Morgan fingerprint density at radius 2 is 0.982 bits per heavy atom. The molecule has 0 bridgehead atoms. The molecular formula is C53H37NS. The molecule has 0 aliphatic heterocycles. The molecule has 1 aliphatic carbocycles. The Morgan fingerprint density at radius 1 is 0.382 bits per heavy atom. The number of rotatable bonds is 5. The molecule has 0 saturated carbocycles. The Bertz CT molecular complexity index is 3130. The van der Waals surface area contributed by atoms with Gasteiger partial charge in [-0.25, -0.2) is 0 Å². The Kier molecular flexibility index (Phi) is 7.14. The van der Waals surface area contributed by atoms with E-state index in [0.29, 0.717) is 0 Å². The molecule has 0 unspecified atom stereocenters. The van der Waals surface area contributed by atoms with Crippen LogP contribution in [0.3, 0.4) is 0 Å². The molecule has 1 aliphatic rings. The van der Waals surface area contributed by atoms with E-state index in [1.165, 1.54) is 86.2 Å². The average molecular weight is 720 g/mol. The van der Waals surface area contributed by atoms with Crippen molar-refractivity contribution in [3.63, 3.8) is 0 Å². The fourth-order valence-electron chi connectivity index (χ4n) is 8.96. The van der Waals surface area contributed by atoms with Gasteiger partial charge in [0.15, 0.2) is 0 Å². The number of nitrogens with zero attached hydrogens (tertiary/aromatic N) is 1. The lowest BCUT2D eigenvalue weighted by Gasteiger charge is -2.29. The quantitative estimate of drug-likeness (QED) is 0.171. The number of hydrogen-bond acceptors (Lipinski definition) is 2. The summed E-state index contributed by atoms with van der Waals surface area (Å²) in [5, 5.41) is 7.60. The number of thiophene rings is 1. The summed E-state index contributed by atoms with van der Waals surface area (Å²) in [7, 11) is 0. The molecule has 0 spiro atoms. The normalized spacial score (nSPS) is 13.1. The van der Waals surface area contributed by atoms with E-state index in [4.69, 9.17) is 0 Å². The second-order valence-corrected chi connectivity index (χ2v) is 16.4. The van der Waals surface area contributed by atoms with Gasteiger partial charge in [0, 0.05) is 48.2 Å². The van der Waals surface area contributed by atoms with Gasteiger partial charge in [-0.2, -0.15) is 0 Å². The Morgan fingerprint density at radius 3 is 1.76 bits per heavy atom. The van der Waals surface area contributed by atoms with E-state index in [0.717, 1.165) is 17.1 Å². The van der Waals surface area contributed by atoms with Crippen molar-refractivity contribution in [1.82, 2.24) is 0 Å². The van der Waals surface area contributed by atoms with Crippen LogP contribution in [0.2, 0.25) is 0 Å². The third kappa shape index (κ3) is 5.13. The maximum Gasteiger partial charge on any atom is 0.0475 e. The van der Waals surface area contributed by atoms with Crippen molar-refractivity contribution in [2.75, 3.05) is 4.90 Å². The Hall–Kier alpha value is -6.48. The van der Waals surface area contributed by atoms with Gasteiger partial charge >= 0.3 is 0 Å². The fraction of sp³-hybridized carbons (Fsp3) is 0.0566. The van der Waals surface area contributed by atoms with Crippen LogP contribution in [0.15, 0.2) is 188 Å². The smallest absolute Gasteiger partial charge is 0.0475 e. The zero-order valence-electron chi connectivity index (χ0n) is 30.8. The van der Waals surface area contributed by atoms with Crippen molar-refractivity contribution < 1.29 is 0 Å². The lowest BCUT2D eigenvalue weighted by Crippen LogP contribution is -2.16. The molecular weight excluding hydrogens is 683 g/mol. The van der Waals surface area contributed by atoms with Crippen molar-refractivity contribution in [1.29, 1.82) is 0 Å². The average Bonchev–Trinajstić information content (AvgIpc) is 3.72. The number of benzene rings is 9. The number of anilines is 3. The standard InChI is InChI=1S/C53H37NS/c1-53(2)49-17-9-7-15-44(49)45-28-27-42(33-50(45)53)54(41-25-23-36(24-26-41)39-21-19-34-11-3-5-13-37(34)29-39)43-31-47(40-22-20-35-12-4-6-14-38(35)30-40)52-48(32-43)46-16-8-10-18-51(46)55-52/h3-33H,1-2H3. The van der Waals surface area contributed by atoms with Crippen molar-refractivity contribution in [3.8, 4) is 33.4 Å². The van der Waals surface area contributed by atoms with Crippen LogP contribution in [0.25, 0.3) is 75.1 Å². The molecule has 0 fully saturated rings. The maximum atomic E-state index is 2.47. The van der Waals surface area contributed by atoms with Crippen molar-refractivity contribution in [2.24, 2.45) is 0 Å². The van der Waals surface area contributed by atoms with Crippen molar-refractivity contribution >= 4 is 70.1 Å². The van der Waals surface area contributed by atoms with E-state index >= 15 is 0 Å². The maximum absolute atomic E-state index is 2.47. The summed E-state index contributed by atoms with van der Waals surface area (Å²) in [5.74, 6) is 0. The molecule has 0 atom stereocenters. The van der Waals surface area contributed by atoms with Gasteiger partial charge in [-0.3, -0.25) is 0 Å². The van der Waals surface area contributed by atoms with E-state index in [-0.39, 0.29) is 5.41 Å². The predicted octanol–water partition coefficient (Wildman–Crippen LogP) is 15.5. The third-order valence-electron chi connectivity index (χ3n) is 11.8. The molecule has 0 saturated heterocycles. The molecule has 2 heteroatoms. The number of hydrogen-bond donors (Lipinski definition) is 0. The molecule has 9 aromatic carbocycles. The van der Waals surface area contributed by atoms with Gasteiger partial charge in [-0.05, 0) is 115 Å². The molecule has 0 amide bonds. The van der Waals surface area contributed by atoms with E-state index in [1.54, 1.807) is 0 Å². The zero-order chi connectivity index (χ0) is 36.7. The van der Waals surface area contributed by atoms with Crippen molar-refractivity contribution in [2.45, 2.75) is 19.3 Å². The van der Waals surface area contributed by atoms with Gasteiger partial charge < -0.3 is 4.90 Å². The molecule has 1 nitrogen and oxygen atoms in total. The summed E-state index contributed by atoms with van der Waals surface area (Å²) in [6.45, 7) is 4.73. The van der Waals surface area contributed by atoms with Gasteiger partial charge in [0.05, 0.1) is 0 Å². The van der Waals surface area contributed by atoms with Crippen LogP contribution < -0.4 is 4.90 Å². The van der Waals surface area contributed by atoms with Crippen LogP contribution in [0.4, 0.5) is 17.1 Å². The first-order valence-corrected chi connectivity index (χ1v) is 19.9. The third-order valence-corrected chi connectivity index (χ3v) is 13.0. The minimum Gasteiger partial charge on any atom is -0.310 e. The molecule has 55 heavy (non-hydrogen) atoms. The van der Waals surface area contributed by atoms with Gasteiger partial charge in [0.1, 0.15) is 0 Å². The summed E-state index contributed by atoms with van der Waals surface area (Å²) in [6.07, 6.45) is 0. The SMILES string of the molecule is CC1(C)c2ccccc2-c2ccc(N(c3ccc(-c4ccc5ccccc5c4)cc3)c3cc(-c4ccc5ccccc5c4)c4sc5ccccc5c4c3)cc21. The summed E-state index contributed by atoms with van der Waals surface area (Å²) < 4.78 is 2.62. The predicted molar refractivity (Wildman–Crippen MR) is 237 cm³/mol. The van der Waals surface area contributed by atoms with E-state index in [9.17, 15) is 0 Å². The van der Waals surface area contributed by atoms with Gasteiger partial charge in [0.2, 0.25) is 0 Å². The second-order valence-electron chi connectivity index (χ2n) is 15.4. The largest absolute Gasteiger partial charge is 0.310 e. The van der Waals surface area contributed by atoms with Crippen LogP contribution in [0.1, 0.15) is 25.0 Å². The summed E-state index contributed by atoms with van der Waals surface area (Å²) in [5.41, 5.74) is 13.6. The van der Waals surface area contributed by atoms with Crippen molar-refractivity contribution in [3.05, 3.63) is 199 Å². The first-order chi connectivity index (χ1) is 27.0. The van der Waals surface area contributed by atoms with E-state index in [1.807, 2.05) is 11.3 Å². The van der Waals surface area contributed by atoms with Gasteiger partial charge in [-0.15, -0.1) is 11.3 Å². The lowest BCUT2D eigenvalue weighted by atomic mass is 9.82. The molecule has 10 aromatic rings. The van der Waals surface area contributed by atoms with E-state index < -0.39 is 0 Å². The van der Waals surface area contributed by atoms with Crippen LogP contribution in [-0.2, 0) is 5.41 Å². The van der Waals surface area contributed by atoms with Gasteiger partial charge in [0.25, 0.3) is 0 Å².